The van der Waals surface area contributed by atoms with Gasteiger partial charge in [0.05, 0.1) is 5.69 Å². The Bertz CT molecular complexity index is 1590. The average molecular weight is 497 g/mol. The van der Waals surface area contributed by atoms with E-state index in [2.05, 4.69) is 20.1 Å². The second-order valence-corrected chi connectivity index (χ2v) is 9.11. The van der Waals surface area contributed by atoms with Gasteiger partial charge >= 0.3 is 0 Å². The summed E-state index contributed by atoms with van der Waals surface area (Å²) in [6.07, 6.45) is 4.16. The highest BCUT2D eigenvalue weighted by Gasteiger charge is 2.19. The van der Waals surface area contributed by atoms with Crippen molar-refractivity contribution in [3.63, 3.8) is 0 Å². The fraction of sp³-hybridized carbons (Fsp3) is 0.207. The highest BCUT2D eigenvalue weighted by molar-refractivity contribution is 6.02. The molecule has 2 aromatic heterocycles. The Morgan fingerprint density at radius 3 is 2.78 bits per heavy atom. The fourth-order valence-corrected chi connectivity index (χ4v) is 4.63. The van der Waals surface area contributed by atoms with Crippen LogP contribution in [0, 0.1) is 5.82 Å². The SMILES string of the molecule is O=C(Nc1cc(-c2nnc3n2CCCCC3)ccc1F)c1ccc(COc2ccc3ccccc3c2)o1. The van der Waals surface area contributed by atoms with Gasteiger partial charge in [-0.3, -0.25) is 4.79 Å². The van der Waals surface area contributed by atoms with E-state index < -0.39 is 11.7 Å². The number of benzene rings is 3. The minimum absolute atomic E-state index is 0.0545. The normalized spacial score (nSPS) is 13.2. The zero-order valence-corrected chi connectivity index (χ0v) is 20.1. The molecule has 0 bridgehead atoms. The van der Waals surface area contributed by atoms with E-state index in [0.717, 1.165) is 48.8 Å². The number of nitrogens with zero attached hydrogens (tertiary/aromatic N) is 3. The van der Waals surface area contributed by atoms with Crippen LogP contribution in [0.4, 0.5) is 10.1 Å². The van der Waals surface area contributed by atoms with E-state index in [0.29, 0.717) is 22.9 Å². The standard InChI is InChI=1S/C29H25FN4O3/c30-24-13-10-21(28-33-32-27-8-2-1-5-15-34(27)28)17-25(24)31-29(35)26-14-12-23(37-26)18-36-22-11-9-19-6-3-4-7-20(19)16-22/h3-4,6-7,9-14,16-17H,1-2,5,8,15,18H2,(H,31,35). The first kappa shape index (κ1) is 23.0. The van der Waals surface area contributed by atoms with E-state index in [1.54, 1.807) is 24.3 Å². The predicted molar refractivity (Wildman–Crippen MR) is 138 cm³/mol. The monoisotopic (exact) mass is 496 g/mol. The molecule has 37 heavy (non-hydrogen) atoms. The molecule has 6 rings (SSSR count). The average Bonchev–Trinajstić information content (AvgIpc) is 3.50. The van der Waals surface area contributed by atoms with Gasteiger partial charge in [-0.15, -0.1) is 10.2 Å². The number of amides is 1. The van der Waals surface area contributed by atoms with Crippen molar-refractivity contribution < 1.29 is 18.3 Å². The second-order valence-electron chi connectivity index (χ2n) is 9.11. The Morgan fingerprint density at radius 1 is 0.973 bits per heavy atom. The Labute approximate surface area is 212 Å². The van der Waals surface area contributed by atoms with Crippen molar-refractivity contribution >= 4 is 22.4 Å². The molecule has 0 saturated heterocycles. The summed E-state index contributed by atoms with van der Waals surface area (Å²) in [5, 5.41) is 13.5. The molecule has 1 aliphatic heterocycles. The van der Waals surface area contributed by atoms with Crippen LogP contribution in [0.25, 0.3) is 22.2 Å². The number of rotatable bonds is 6. The number of aryl methyl sites for hydroxylation is 1. The number of halogens is 1. The van der Waals surface area contributed by atoms with Gasteiger partial charge in [-0.25, -0.2) is 4.39 Å². The van der Waals surface area contributed by atoms with Crippen LogP contribution in [0.15, 0.2) is 77.2 Å². The van der Waals surface area contributed by atoms with E-state index in [1.807, 2.05) is 42.5 Å². The van der Waals surface area contributed by atoms with Crippen molar-refractivity contribution in [2.75, 3.05) is 5.32 Å². The van der Waals surface area contributed by atoms with Gasteiger partial charge in [0.1, 0.15) is 29.8 Å². The van der Waals surface area contributed by atoms with Crippen LogP contribution >= 0.6 is 0 Å². The van der Waals surface area contributed by atoms with Crippen LogP contribution < -0.4 is 10.1 Å². The van der Waals surface area contributed by atoms with E-state index in [4.69, 9.17) is 9.15 Å². The van der Waals surface area contributed by atoms with Gasteiger partial charge in [-0.1, -0.05) is 36.8 Å². The van der Waals surface area contributed by atoms with E-state index in [-0.39, 0.29) is 18.1 Å². The number of nitrogens with one attached hydrogen (secondary N) is 1. The van der Waals surface area contributed by atoms with E-state index in [9.17, 15) is 9.18 Å². The molecule has 0 unspecified atom stereocenters. The van der Waals surface area contributed by atoms with Crippen molar-refractivity contribution in [1.29, 1.82) is 0 Å². The molecule has 3 aromatic carbocycles. The van der Waals surface area contributed by atoms with Crippen LogP contribution in [0.3, 0.4) is 0 Å². The summed E-state index contributed by atoms with van der Waals surface area (Å²) < 4.78 is 28.2. The van der Waals surface area contributed by atoms with Gasteiger partial charge in [0.2, 0.25) is 0 Å². The Morgan fingerprint density at radius 2 is 1.86 bits per heavy atom. The number of aromatic nitrogens is 3. The summed E-state index contributed by atoms with van der Waals surface area (Å²) in [7, 11) is 0. The van der Waals surface area contributed by atoms with Gasteiger partial charge < -0.3 is 19.0 Å². The molecule has 0 fully saturated rings. The predicted octanol–water partition coefficient (Wildman–Crippen LogP) is 6.39. The molecule has 8 heteroatoms. The molecule has 1 amide bonds. The van der Waals surface area contributed by atoms with Crippen molar-refractivity contribution in [3.05, 3.63) is 96.0 Å². The smallest absolute Gasteiger partial charge is 0.291 e. The van der Waals surface area contributed by atoms with Crippen LogP contribution in [0.2, 0.25) is 0 Å². The largest absolute Gasteiger partial charge is 0.486 e. The lowest BCUT2D eigenvalue weighted by Gasteiger charge is -2.10. The number of anilines is 1. The fourth-order valence-electron chi connectivity index (χ4n) is 4.63. The molecule has 1 N–H and O–H groups in total. The number of carbonyl (C=O) groups excluding carboxylic acids is 1. The minimum Gasteiger partial charge on any atom is -0.486 e. The lowest BCUT2D eigenvalue weighted by molar-refractivity contribution is 0.0992. The molecular formula is C29H25FN4O3. The molecule has 0 spiro atoms. The van der Waals surface area contributed by atoms with Crippen molar-refractivity contribution in [2.45, 2.75) is 38.8 Å². The van der Waals surface area contributed by atoms with Gasteiger partial charge in [0.25, 0.3) is 5.91 Å². The maximum absolute atomic E-state index is 14.6. The zero-order chi connectivity index (χ0) is 25.2. The number of hydrogen-bond acceptors (Lipinski definition) is 5. The van der Waals surface area contributed by atoms with Crippen molar-refractivity contribution in [3.8, 4) is 17.1 Å². The van der Waals surface area contributed by atoms with Crippen LogP contribution in [-0.4, -0.2) is 20.7 Å². The lowest BCUT2D eigenvalue weighted by Crippen LogP contribution is -2.12. The van der Waals surface area contributed by atoms with Gasteiger partial charge in [0.15, 0.2) is 11.6 Å². The lowest BCUT2D eigenvalue weighted by atomic mass is 10.1. The summed E-state index contributed by atoms with van der Waals surface area (Å²) >= 11 is 0. The van der Waals surface area contributed by atoms with Crippen LogP contribution in [-0.2, 0) is 19.6 Å². The topological polar surface area (TPSA) is 82.2 Å². The number of furan rings is 1. The number of ether oxygens (including phenoxy) is 1. The first-order chi connectivity index (χ1) is 18.1. The molecule has 7 nitrogen and oxygen atoms in total. The van der Waals surface area contributed by atoms with Crippen molar-refractivity contribution in [2.24, 2.45) is 0 Å². The second kappa shape index (κ2) is 9.89. The molecule has 0 saturated carbocycles. The zero-order valence-electron chi connectivity index (χ0n) is 20.1. The highest BCUT2D eigenvalue weighted by atomic mass is 19.1. The van der Waals surface area contributed by atoms with Gasteiger partial charge in [-0.2, -0.15) is 0 Å². The molecule has 186 valence electrons. The van der Waals surface area contributed by atoms with Gasteiger partial charge in [0, 0.05) is 18.5 Å². The van der Waals surface area contributed by atoms with Crippen LogP contribution in [0.5, 0.6) is 5.75 Å². The summed E-state index contributed by atoms with van der Waals surface area (Å²) in [4.78, 5) is 12.8. The summed E-state index contributed by atoms with van der Waals surface area (Å²) in [5.41, 5.74) is 0.750. The molecule has 0 atom stereocenters. The number of hydrogen-bond donors (Lipinski definition) is 1. The van der Waals surface area contributed by atoms with E-state index in [1.165, 1.54) is 6.07 Å². The summed E-state index contributed by atoms with van der Waals surface area (Å²) in [6, 6.07) is 21.7. The summed E-state index contributed by atoms with van der Waals surface area (Å²) in [6.45, 7) is 0.987. The quantitative estimate of drug-likeness (QED) is 0.295. The molecule has 3 heterocycles. The number of fused-ring (bicyclic) bond motifs is 2. The first-order valence-electron chi connectivity index (χ1n) is 12.4. The number of carbonyl (C=O) groups is 1. The van der Waals surface area contributed by atoms with Gasteiger partial charge in [-0.05, 0) is 66.1 Å². The highest BCUT2D eigenvalue weighted by Crippen LogP contribution is 2.27. The molecule has 0 aliphatic carbocycles. The Hall–Kier alpha value is -4.46. The third-order valence-corrected chi connectivity index (χ3v) is 6.57. The molecule has 5 aromatic rings. The van der Waals surface area contributed by atoms with Crippen LogP contribution in [0.1, 0.15) is 41.4 Å². The van der Waals surface area contributed by atoms with Crippen molar-refractivity contribution in [1.82, 2.24) is 14.8 Å². The Balaban J connectivity index is 1.15. The minimum atomic E-state index is -0.548. The third kappa shape index (κ3) is 4.82. The third-order valence-electron chi connectivity index (χ3n) is 6.57. The van der Waals surface area contributed by atoms with E-state index >= 15 is 0 Å². The first-order valence-corrected chi connectivity index (χ1v) is 12.4. The molecular weight excluding hydrogens is 471 g/mol. The molecule has 1 aliphatic rings. The molecule has 0 radical (unpaired) electrons. The summed E-state index contributed by atoms with van der Waals surface area (Å²) in [5.74, 6) is 1.78. The Kier molecular flexibility index (Phi) is 6.14. The maximum atomic E-state index is 14.6. The maximum Gasteiger partial charge on any atom is 0.291 e.